The van der Waals surface area contributed by atoms with Gasteiger partial charge in [-0.15, -0.1) is 0 Å². The summed E-state index contributed by atoms with van der Waals surface area (Å²) in [6.45, 7) is 2.31. The second-order valence-corrected chi connectivity index (χ2v) is 5.76. The summed E-state index contributed by atoms with van der Waals surface area (Å²) in [5, 5.41) is 3.55. The number of hydrogen-bond acceptors (Lipinski definition) is 1. The Morgan fingerprint density at radius 1 is 0.800 bits per heavy atom. The topological polar surface area (TPSA) is 12.0 Å². The Labute approximate surface area is 122 Å². The molecule has 1 aliphatic rings. The van der Waals surface area contributed by atoms with Gasteiger partial charge in [0.1, 0.15) is 0 Å². The number of hydrogen-bond donors (Lipinski definition) is 1. The monoisotopic (exact) mass is 265 g/mol. The minimum absolute atomic E-state index is 0.590. The second-order valence-electron chi connectivity index (χ2n) is 5.76. The van der Waals surface area contributed by atoms with Crippen LogP contribution in [-0.2, 0) is 0 Å². The van der Waals surface area contributed by atoms with Crippen molar-refractivity contribution >= 4 is 0 Å². The SMILES string of the molecule is CCC1C(NC)C(c2ccccc2)C1c1ccccc1. The molecule has 1 N–H and O–H groups in total. The Bertz CT molecular complexity index is 483. The molecular weight excluding hydrogens is 242 g/mol. The number of rotatable bonds is 4. The molecule has 0 aromatic heterocycles. The van der Waals surface area contributed by atoms with Gasteiger partial charge in [-0.25, -0.2) is 0 Å². The summed E-state index contributed by atoms with van der Waals surface area (Å²) in [7, 11) is 2.10. The minimum Gasteiger partial charge on any atom is -0.316 e. The summed E-state index contributed by atoms with van der Waals surface area (Å²) in [4.78, 5) is 0. The van der Waals surface area contributed by atoms with Gasteiger partial charge in [0.05, 0.1) is 0 Å². The average Bonchev–Trinajstić information content (AvgIpc) is 2.49. The lowest BCUT2D eigenvalue weighted by molar-refractivity contribution is 0.127. The van der Waals surface area contributed by atoms with Crippen LogP contribution in [0.15, 0.2) is 60.7 Å². The zero-order chi connectivity index (χ0) is 13.9. The molecule has 0 heterocycles. The molecule has 20 heavy (non-hydrogen) atoms. The fourth-order valence-electron chi connectivity index (χ4n) is 3.96. The highest BCUT2D eigenvalue weighted by atomic mass is 14.9. The first kappa shape index (κ1) is 13.4. The predicted octanol–water partition coefficient (Wildman–Crippen LogP) is 4.18. The molecule has 3 rings (SSSR count). The normalized spacial score (nSPS) is 28.9. The Kier molecular flexibility index (Phi) is 3.88. The summed E-state index contributed by atoms with van der Waals surface area (Å²) in [5.41, 5.74) is 2.95. The first-order valence-corrected chi connectivity index (χ1v) is 7.64. The molecule has 0 spiro atoms. The van der Waals surface area contributed by atoms with Crippen LogP contribution in [0.25, 0.3) is 0 Å². The van der Waals surface area contributed by atoms with Crippen molar-refractivity contribution in [2.75, 3.05) is 7.05 Å². The molecule has 4 atom stereocenters. The van der Waals surface area contributed by atoms with Gasteiger partial charge in [-0.05, 0) is 30.0 Å². The van der Waals surface area contributed by atoms with Gasteiger partial charge in [0, 0.05) is 12.0 Å². The van der Waals surface area contributed by atoms with E-state index in [1.165, 1.54) is 17.5 Å². The van der Waals surface area contributed by atoms with Gasteiger partial charge in [-0.2, -0.15) is 0 Å². The van der Waals surface area contributed by atoms with Crippen LogP contribution in [0.4, 0.5) is 0 Å². The van der Waals surface area contributed by atoms with Crippen LogP contribution in [0.3, 0.4) is 0 Å². The molecule has 0 radical (unpaired) electrons. The molecule has 2 aromatic carbocycles. The Balaban J connectivity index is 1.97. The number of benzene rings is 2. The molecule has 1 fully saturated rings. The minimum atomic E-state index is 0.590. The van der Waals surface area contributed by atoms with Crippen LogP contribution in [0, 0.1) is 5.92 Å². The summed E-state index contributed by atoms with van der Waals surface area (Å²) in [6, 6.07) is 22.6. The molecule has 2 aromatic rings. The van der Waals surface area contributed by atoms with Crippen LogP contribution in [0.1, 0.15) is 36.3 Å². The lowest BCUT2D eigenvalue weighted by Crippen LogP contribution is -2.54. The smallest absolute Gasteiger partial charge is 0.0173 e. The van der Waals surface area contributed by atoms with Crippen molar-refractivity contribution in [2.45, 2.75) is 31.2 Å². The van der Waals surface area contributed by atoms with Crippen molar-refractivity contribution < 1.29 is 0 Å². The van der Waals surface area contributed by atoms with Gasteiger partial charge in [-0.3, -0.25) is 0 Å². The van der Waals surface area contributed by atoms with Crippen molar-refractivity contribution in [3.8, 4) is 0 Å². The molecule has 0 aliphatic heterocycles. The van der Waals surface area contributed by atoms with Crippen molar-refractivity contribution in [2.24, 2.45) is 5.92 Å². The summed E-state index contributed by atoms with van der Waals surface area (Å²) in [6.07, 6.45) is 1.23. The van der Waals surface area contributed by atoms with Crippen molar-refractivity contribution in [1.82, 2.24) is 5.32 Å². The van der Waals surface area contributed by atoms with E-state index in [0.29, 0.717) is 17.9 Å². The lowest BCUT2D eigenvalue weighted by Gasteiger charge is -2.53. The molecule has 1 nitrogen and oxygen atoms in total. The largest absolute Gasteiger partial charge is 0.316 e. The van der Waals surface area contributed by atoms with E-state index in [4.69, 9.17) is 0 Å². The van der Waals surface area contributed by atoms with Crippen LogP contribution < -0.4 is 5.32 Å². The Morgan fingerprint density at radius 2 is 1.30 bits per heavy atom. The van der Waals surface area contributed by atoms with Gasteiger partial charge in [0.2, 0.25) is 0 Å². The maximum atomic E-state index is 3.55. The van der Waals surface area contributed by atoms with Gasteiger partial charge >= 0.3 is 0 Å². The van der Waals surface area contributed by atoms with E-state index >= 15 is 0 Å². The molecule has 0 bridgehead atoms. The van der Waals surface area contributed by atoms with Crippen molar-refractivity contribution in [3.05, 3.63) is 71.8 Å². The molecule has 0 saturated heterocycles. The molecule has 1 saturated carbocycles. The molecule has 0 amide bonds. The molecule has 4 unspecified atom stereocenters. The molecule has 104 valence electrons. The standard InChI is InChI=1S/C19H23N/c1-3-16-17(14-10-6-4-7-11-14)18(19(16)20-2)15-12-8-5-9-13-15/h4-13,16-20H,3H2,1-2H3. The number of nitrogens with one attached hydrogen (secondary N) is 1. The van der Waals surface area contributed by atoms with Crippen LogP contribution >= 0.6 is 0 Å². The molecular formula is C19H23N. The highest BCUT2D eigenvalue weighted by Crippen LogP contribution is 2.54. The fraction of sp³-hybridized carbons (Fsp3) is 0.368. The van der Waals surface area contributed by atoms with E-state index in [9.17, 15) is 0 Å². The van der Waals surface area contributed by atoms with E-state index in [-0.39, 0.29) is 0 Å². The van der Waals surface area contributed by atoms with Gasteiger partial charge < -0.3 is 5.32 Å². The lowest BCUT2D eigenvalue weighted by atomic mass is 9.55. The third kappa shape index (κ3) is 2.16. The maximum absolute atomic E-state index is 3.55. The summed E-state index contributed by atoms with van der Waals surface area (Å²) < 4.78 is 0. The number of likely N-dealkylation sites (N-methyl/N-ethyl adjacent to an activating group) is 1. The van der Waals surface area contributed by atoms with E-state index in [1.54, 1.807) is 0 Å². The highest BCUT2D eigenvalue weighted by Gasteiger charge is 2.49. The highest BCUT2D eigenvalue weighted by molar-refractivity contribution is 5.36. The fourth-order valence-corrected chi connectivity index (χ4v) is 3.96. The van der Waals surface area contributed by atoms with Crippen LogP contribution in [0.2, 0.25) is 0 Å². The first-order chi connectivity index (χ1) is 9.86. The Hall–Kier alpha value is -1.60. The molecule has 1 aliphatic carbocycles. The third-order valence-electron chi connectivity index (χ3n) is 4.87. The van der Waals surface area contributed by atoms with E-state index < -0.39 is 0 Å². The van der Waals surface area contributed by atoms with Gasteiger partial charge in [-0.1, -0.05) is 74.0 Å². The maximum Gasteiger partial charge on any atom is 0.0173 e. The quantitative estimate of drug-likeness (QED) is 0.874. The first-order valence-electron chi connectivity index (χ1n) is 7.64. The summed E-state index contributed by atoms with van der Waals surface area (Å²) in [5.74, 6) is 1.96. The van der Waals surface area contributed by atoms with E-state index in [1.807, 2.05) is 0 Å². The van der Waals surface area contributed by atoms with Crippen molar-refractivity contribution in [1.29, 1.82) is 0 Å². The average molecular weight is 265 g/mol. The van der Waals surface area contributed by atoms with Gasteiger partial charge in [0.15, 0.2) is 0 Å². The Morgan fingerprint density at radius 3 is 1.75 bits per heavy atom. The predicted molar refractivity (Wildman–Crippen MR) is 85.0 cm³/mol. The van der Waals surface area contributed by atoms with Crippen molar-refractivity contribution in [3.63, 3.8) is 0 Å². The van der Waals surface area contributed by atoms with Crippen LogP contribution in [-0.4, -0.2) is 13.1 Å². The van der Waals surface area contributed by atoms with Crippen LogP contribution in [0.5, 0.6) is 0 Å². The molecule has 1 heteroatoms. The van der Waals surface area contributed by atoms with Gasteiger partial charge in [0.25, 0.3) is 0 Å². The zero-order valence-corrected chi connectivity index (χ0v) is 12.3. The van der Waals surface area contributed by atoms with E-state index in [0.717, 1.165) is 5.92 Å². The summed E-state index contributed by atoms with van der Waals surface area (Å²) >= 11 is 0. The van der Waals surface area contributed by atoms with E-state index in [2.05, 4.69) is 80.0 Å². The zero-order valence-electron chi connectivity index (χ0n) is 12.3. The second kappa shape index (κ2) is 5.80. The third-order valence-corrected chi connectivity index (χ3v) is 4.87.